The molecule has 0 radical (unpaired) electrons. The Labute approximate surface area is 159 Å². The van der Waals surface area contributed by atoms with E-state index in [0.29, 0.717) is 23.1 Å². The van der Waals surface area contributed by atoms with Crippen LogP contribution in [0.15, 0.2) is 53.9 Å². The Kier molecular flexibility index (Phi) is 5.97. The number of hydrogen-bond acceptors (Lipinski definition) is 5. The smallest absolute Gasteiger partial charge is 0.387 e. The summed E-state index contributed by atoms with van der Waals surface area (Å²) >= 11 is 1.28. The van der Waals surface area contributed by atoms with E-state index in [0.717, 1.165) is 11.1 Å². The number of carbonyl (C=O) groups is 1. The fraction of sp³-hybridized carbons (Fsp3) is 0.158. The Hall–Kier alpha value is -3.00. The van der Waals surface area contributed by atoms with Crippen molar-refractivity contribution in [3.8, 4) is 5.75 Å². The summed E-state index contributed by atoms with van der Waals surface area (Å²) in [5, 5.41) is 8.03. The largest absolute Gasteiger partial charge is 0.435 e. The van der Waals surface area contributed by atoms with E-state index in [1.807, 2.05) is 31.2 Å². The number of hydrogen-bond donors (Lipinski definition) is 2. The number of aromatic nitrogens is 1. The normalized spacial score (nSPS) is 10.7. The van der Waals surface area contributed by atoms with Crippen LogP contribution in [0.2, 0.25) is 0 Å². The van der Waals surface area contributed by atoms with Crippen LogP contribution in [0.25, 0.3) is 0 Å². The van der Waals surface area contributed by atoms with Crippen molar-refractivity contribution in [3.63, 3.8) is 0 Å². The number of carbonyl (C=O) groups excluding carboxylic acids is 1. The fourth-order valence-corrected chi connectivity index (χ4v) is 2.97. The molecule has 0 bridgehead atoms. The first-order valence-corrected chi connectivity index (χ1v) is 8.99. The third-order valence-electron chi connectivity index (χ3n) is 3.64. The lowest BCUT2D eigenvalue weighted by atomic mass is 10.1. The van der Waals surface area contributed by atoms with Gasteiger partial charge in [-0.2, -0.15) is 8.78 Å². The van der Waals surface area contributed by atoms with Gasteiger partial charge in [0.2, 0.25) is 0 Å². The summed E-state index contributed by atoms with van der Waals surface area (Å²) in [5.41, 5.74) is 3.13. The van der Waals surface area contributed by atoms with E-state index in [-0.39, 0.29) is 11.7 Å². The SMILES string of the molecule is Cc1ccc(CNC(=O)c2csc(Nc3ccc(OC(F)F)cc3)n2)cc1. The molecule has 1 heterocycles. The summed E-state index contributed by atoms with van der Waals surface area (Å²) in [4.78, 5) is 16.5. The minimum Gasteiger partial charge on any atom is -0.435 e. The van der Waals surface area contributed by atoms with Crippen molar-refractivity contribution >= 4 is 28.1 Å². The molecule has 1 amide bonds. The molecule has 0 aliphatic rings. The average molecular weight is 389 g/mol. The molecule has 0 aliphatic heterocycles. The summed E-state index contributed by atoms with van der Waals surface area (Å²) in [7, 11) is 0. The summed E-state index contributed by atoms with van der Waals surface area (Å²) in [6, 6.07) is 13.9. The van der Waals surface area contributed by atoms with Crippen molar-refractivity contribution in [2.75, 3.05) is 5.32 Å². The fourth-order valence-electron chi connectivity index (χ4n) is 2.26. The number of rotatable bonds is 7. The van der Waals surface area contributed by atoms with Gasteiger partial charge in [0.15, 0.2) is 5.13 Å². The van der Waals surface area contributed by atoms with E-state index in [4.69, 9.17) is 0 Å². The van der Waals surface area contributed by atoms with Gasteiger partial charge in [-0.1, -0.05) is 29.8 Å². The Morgan fingerprint density at radius 1 is 1.15 bits per heavy atom. The molecule has 3 aromatic rings. The molecule has 27 heavy (non-hydrogen) atoms. The Morgan fingerprint density at radius 2 is 1.85 bits per heavy atom. The van der Waals surface area contributed by atoms with Gasteiger partial charge in [-0.15, -0.1) is 11.3 Å². The molecule has 0 unspecified atom stereocenters. The van der Waals surface area contributed by atoms with Gasteiger partial charge in [0.25, 0.3) is 5.91 Å². The van der Waals surface area contributed by atoms with Gasteiger partial charge in [-0.05, 0) is 36.8 Å². The number of amides is 1. The van der Waals surface area contributed by atoms with Gasteiger partial charge < -0.3 is 15.4 Å². The van der Waals surface area contributed by atoms with Crippen LogP contribution in [0.5, 0.6) is 5.75 Å². The molecule has 5 nitrogen and oxygen atoms in total. The highest BCUT2D eigenvalue weighted by molar-refractivity contribution is 7.14. The molecule has 0 fully saturated rings. The first-order valence-electron chi connectivity index (χ1n) is 8.11. The van der Waals surface area contributed by atoms with Crippen molar-refractivity contribution in [3.05, 3.63) is 70.7 Å². The molecule has 0 aliphatic carbocycles. The molecular formula is C19H17F2N3O2S. The number of nitrogens with one attached hydrogen (secondary N) is 2. The van der Waals surface area contributed by atoms with Crippen LogP contribution in [0.4, 0.5) is 19.6 Å². The molecular weight excluding hydrogens is 372 g/mol. The predicted molar refractivity (Wildman–Crippen MR) is 101 cm³/mol. The van der Waals surface area contributed by atoms with Crippen molar-refractivity contribution in [1.82, 2.24) is 10.3 Å². The van der Waals surface area contributed by atoms with Crippen LogP contribution in [0.3, 0.4) is 0 Å². The first kappa shape index (κ1) is 18.8. The number of halogens is 2. The minimum absolute atomic E-state index is 0.0749. The van der Waals surface area contributed by atoms with Crippen LogP contribution in [0, 0.1) is 6.92 Å². The standard InChI is InChI=1S/C19H17F2N3O2S/c1-12-2-4-13(5-3-12)10-22-17(25)16-11-27-19(24-16)23-14-6-8-15(9-7-14)26-18(20)21/h2-9,11,18H,10H2,1H3,(H,22,25)(H,23,24). The summed E-state index contributed by atoms with van der Waals surface area (Å²) in [6.45, 7) is -0.431. The van der Waals surface area contributed by atoms with Gasteiger partial charge >= 0.3 is 6.61 Å². The monoisotopic (exact) mass is 389 g/mol. The molecule has 2 N–H and O–H groups in total. The molecule has 0 spiro atoms. The lowest BCUT2D eigenvalue weighted by molar-refractivity contribution is -0.0498. The van der Waals surface area contributed by atoms with Crippen LogP contribution >= 0.6 is 11.3 Å². The number of aryl methyl sites for hydroxylation is 1. The second-order valence-electron chi connectivity index (χ2n) is 5.73. The maximum Gasteiger partial charge on any atom is 0.387 e. The highest BCUT2D eigenvalue weighted by atomic mass is 32.1. The van der Waals surface area contributed by atoms with E-state index in [9.17, 15) is 13.6 Å². The van der Waals surface area contributed by atoms with E-state index in [2.05, 4.69) is 20.4 Å². The first-order chi connectivity index (χ1) is 13.0. The zero-order valence-electron chi connectivity index (χ0n) is 14.4. The topological polar surface area (TPSA) is 63.2 Å². The van der Waals surface area contributed by atoms with E-state index in [1.165, 1.54) is 23.5 Å². The average Bonchev–Trinajstić information content (AvgIpc) is 3.11. The molecule has 1 aromatic heterocycles. The van der Waals surface area contributed by atoms with Crippen molar-refractivity contribution in [2.24, 2.45) is 0 Å². The van der Waals surface area contributed by atoms with Gasteiger partial charge in [0, 0.05) is 17.6 Å². The van der Waals surface area contributed by atoms with Crippen LogP contribution in [-0.4, -0.2) is 17.5 Å². The molecule has 0 saturated heterocycles. The molecule has 0 saturated carbocycles. The van der Waals surface area contributed by atoms with Gasteiger partial charge in [0.05, 0.1) is 0 Å². The van der Waals surface area contributed by atoms with E-state index >= 15 is 0 Å². The van der Waals surface area contributed by atoms with Gasteiger partial charge in [-0.25, -0.2) is 4.98 Å². The van der Waals surface area contributed by atoms with Gasteiger partial charge in [0.1, 0.15) is 11.4 Å². The quantitative estimate of drug-likeness (QED) is 0.613. The Balaban J connectivity index is 1.55. The van der Waals surface area contributed by atoms with Crippen molar-refractivity contribution in [2.45, 2.75) is 20.1 Å². The molecule has 0 atom stereocenters. The maximum absolute atomic E-state index is 12.2. The van der Waals surface area contributed by atoms with Crippen LogP contribution in [-0.2, 0) is 6.54 Å². The summed E-state index contributed by atoms with van der Waals surface area (Å²) in [6.07, 6.45) is 0. The zero-order valence-corrected chi connectivity index (χ0v) is 15.2. The molecule has 140 valence electrons. The third kappa shape index (κ3) is 5.49. The molecule has 2 aromatic carbocycles. The lowest BCUT2D eigenvalue weighted by Gasteiger charge is -2.06. The second kappa shape index (κ2) is 8.59. The summed E-state index contributed by atoms with van der Waals surface area (Å²) < 4.78 is 28.6. The minimum atomic E-state index is -2.86. The third-order valence-corrected chi connectivity index (χ3v) is 4.40. The highest BCUT2D eigenvalue weighted by Gasteiger charge is 2.11. The summed E-state index contributed by atoms with van der Waals surface area (Å²) in [5.74, 6) is -0.189. The number of alkyl halides is 2. The molecule has 8 heteroatoms. The Bertz CT molecular complexity index is 896. The number of anilines is 2. The highest BCUT2D eigenvalue weighted by Crippen LogP contribution is 2.23. The van der Waals surface area contributed by atoms with Crippen LogP contribution in [0.1, 0.15) is 21.6 Å². The number of thiazole rings is 1. The zero-order chi connectivity index (χ0) is 19.2. The maximum atomic E-state index is 12.2. The lowest BCUT2D eigenvalue weighted by Crippen LogP contribution is -2.23. The predicted octanol–water partition coefficient (Wildman–Crippen LogP) is 4.73. The van der Waals surface area contributed by atoms with E-state index in [1.54, 1.807) is 17.5 Å². The van der Waals surface area contributed by atoms with Crippen LogP contribution < -0.4 is 15.4 Å². The van der Waals surface area contributed by atoms with Gasteiger partial charge in [-0.3, -0.25) is 4.79 Å². The molecule has 3 rings (SSSR count). The number of benzene rings is 2. The second-order valence-corrected chi connectivity index (χ2v) is 6.59. The number of ether oxygens (including phenoxy) is 1. The van der Waals surface area contributed by atoms with Crippen molar-refractivity contribution < 1.29 is 18.3 Å². The van der Waals surface area contributed by atoms with E-state index < -0.39 is 6.61 Å². The number of nitrogens with zero attached hydrogens (tertiary/aromatic N) is 1. The Morgan fingerprint density at radius 3 is 2.52 bits per heavy atom. The van der Waals surface area contributed by atoms with Crippen molar-refractivity contribution in [1.29, 1.82) is 0 Å².